The molecule has 210 valence electrons. The highest BCUT2D eigenvalue weighted by atomic mass is 35.5. The molecule has 1 unspecified atom stereocenters. The zero-order chi connectivity index (χ0) is 28.3. The van der Waals surface area contributed by atoms with Crippen molar-refractivity contribution in [3.05, 3.63) is 83.4 Å². The van der Waals surface area contributed by atoms with Crippen LogP contribution in [-0.2, 0) is 19.6 Å². The topological polar surface area (TPSA) is 121 Å². The molecule has 2 aliphatic rings. The van der Waals surface area contributed by atoms with Gasteiger partial charge in [0, 0.05) is 29.1 Å². The molecule has 12 heteroatoms. The van der Waals surface area contributed by atoms with E-state index in [1.54, 1.807) is 24.3 Å². The SMILES string of the molecule is O=C(NC1CCCCC1)[C@H](c1ccccc1Cl)C1(C(=O)Nc2cccc(F)c2)CCS(=O)(=O)N1c1ncccn1. The molecule has 0 radical (unpaired) electrons. The summed E-state index contributed by atoms with van der Waals surface area (Å²) >= 11 is 6.64. The van der Waals surface area contributed by atoms with Crippen molar-refractivity contribution in [2.45, 2.75) is 56.0 Å². The average molecular weight is 586 g/mol. The molecule has 1 aromatic heterocycles. The van der Waals surface area contributed by atoms with Crippen LogP contribution in [0, 0.1) is 5.82 Å². The molecule has 1 aliphatic carbocycles. The van der Waals surface area contributed by atoms with Crippen molar-refractivity contribution < 1.29 is 22.4 Å². The van der Waals surface area contributed by atoms with Gasteiger partial charge in [-0.25, -0.2) is 27.1 Å². The number of halogens is 2. The van der Waals surface area contributed by atoms with Gasteiger partial charge in [-0.1, -0.05) is 55.1 Å². The first-order chi connectivity index (χ1) is 19.2. The van der Waals surface area contributed by atoms with Crippen LogP contribution in [0.2, 0.25) is 5.02 Å². The lowest BCUT2D eigenvalue weighted by atomic mass is 9.75. The van der Waals surface area contributed by atoms with Crippen molar-refractivity contribution >= 4 is 45.1 Å². The predicted octanol–water partition coefficient (Wildman–Crippen LogP) is 4.42. The summed E-state index contributed by atoms with van der Waals surface area (Å²) in [6.45, 7) is 0. The maximum atomic E-state index is 14.4. The van der Waals surface area contributed by atoms with Crippen LogP contribution in [0.1, 0.15) is 50.0 Å². The molecule has 40 heavy (non-hydrogen) atoms. The highest BCUT2D eigenvalue weighted by molar-refractivity contribution is 7.93. The van der Waals surface area contributed by atoms with E-state index in [-0.39, 0.29) is 34.7 Å². The Kier molecular flexibility index (Phi) is 8.04. The van der Waals surface area contributed by atoms with E-state index in [0.29, 0.717) is 0 Å². The fourth-order valence-electron chi connectivity index (χ4n) is 5.68. The lowest BCUT2D eigenvalue weighted by Gasteiger charge is -2.41. The molecule has 2 aromatic carbocycles. The summed E-state index contributed by atoms with van der Waals surface area (Å²) in [5, 5.41) is 5.94. The van der Waals surface area contributed by atoms with Gasteiger partial charge in [0.25, 0.3) is 5.91 Å². The van der Waals surface area contributed by atoms with Crippen LogP contribution in [0.25, 0.3) is 0 Å². The fraction of sp³-hybridized carbons (Fsp3) is 0.357. The Labute approximate surface area is 237 Å². The van der Waals surface area contributed by atoms with Crippen molar-refractivity contribution in [2.75, 3.05) is 15.4 Å². The lowest BCUT2D eigenvalue weighted by molar-refractivity contribution is -0.130. The van der Waals surface area contributed by atoms with Crippen molar-refractivity contribution in [2.24, 2.45) is 0 Å². The number of amides is 2. The summed E-state index contributed by atoms with van der Waals surface area (Å²) in [5.41, 5.74) is -1.67. The molecule has 1 aliphatic heterocycles. The Morgan fingerprint density at radius 2 is 1.75 bits per heavy atom. The molecule has 0 spiro atoms. The van der Waals surface area contributed by atoms with E-state index in [2.05, 4.69) is 20.6 Å². The number of benzene rings is 2. The van der Waals surface area contributed by atoms with Crippen LogP contribution < -0.4 is 14.9 Å². The van der Waals surface area contributed by atoms with E-state index in [1.165, 1.54) is 36.7 Å². The summed E-state index contributed by atoms with van der Waals surface area (Å²) in [4.78, 5) is 37.0. The number of carbonyl (C=O) groups is 2. The minimum Gasteiger partial charge on any atom is -0.353 e. The van der Waals surface area contributed by atoms with Crippen LogP contribution in [0.4, 0.5) is 16.0 Å². The van der Waals surface area contributed by atoms with Crippen molar-refractivity contribution in [1.29, 1.82) is 0 Å². The minimum absolute atomic E-state index is 0.105. The monoisotopic (exact) mass is 585 g/mol. The van der Waals surface area contributed by atoms with E-state index < -0.39 is 44.9 Å². The molecule has 3 aromatic rings. The molecule has 0 bridgehead atoms. The molecule has 2 atom stereocenters. The first-order valence-electron chi connectivity index (χ1n) is 13.1. The van der Waals surface area contributed by atoms with E-state index in [1.807, 2.05) is 0 Å². The molecule has 9 nitrogen and oxygen atoms in total. The number of hydrogen-bond donors (Lipinski definition) is 2. The summed E-state index contributed by atoms with van der Waals surface area (Å²) in [6, 6.07) is 13.2. The van der Waals surface area contributed by atoms with Crippen LogP contribution in [0.5, 0.6) is 0 Å². The van der Waals surface area contributed by atoms with E-state index in [0.717, 1.165) is 42.5 Å². The van der Waals surface area contributed by atoms with Crippen molar-refractivity contribution in [1.82, 2.24) is 15.3 Å². The molecule has 5 rings (SSSR count). The van der Waals surface area contributed by atoms with Gasteiger partial charge >= 0.3 is 0 Å². The van der Waals surface area contributed by atoms with Gasteiger partial charge in [0.05, 0.1) is 11.7 Å². The normalized spacial score (nSPS) is 21.5. The molecule has 1 saturated heterocycles. The Hall–Kier alpha value is -3.57. The molecule has 1 saturated carbocycles. The van der Waals surface area contributed by atoms with Crippen LogP contribution in [0.3, 0.4) is 0 Å². The zero-order valence-electron chi connectivity index (χ0n) is 21.6. The summed E-state index contributed by atoms with van der Waals surface area (Å²) in [7, 11) is -4.18. The van der Waals surface area contributed by atoms with Gasteiger partial charge in [-0.15, -0.1) is 0 Å². The minimum atomic E-state index is -4.18. The highest BCUT2D eigenvalue weighted by Gasteiger charge is 2.63. The molecule has 2 fully saturated rings. The number of aromatic nitrogens is 2. The standard InChI is InChI=1S/C28H29ClFN5O4S/c29-23-13-5-4-12-22(23)24(25(36)33-20-9-2-1-3-10-20)28(26(37)34-21-11-6-8-19(30)18-21)14-17-40(38,39)35(28)27-31-15-7-16-32-27/h4-8,11-13,15-16,18,20,24H,1-3,9-10,14,17H2,(H,33,36)(H,34,37)/t24-,28?/m0/s1. The maximum absolute atomic E-state index is 14.4. The number of nitrogens with one attached hydrogen (secondary N) is 2. The number of rotatable bonds is 7. The summed E-state index contributed by atoms with van der Waals surface area (Å²) < 4.78 is 42.2. The second kappa shape index (κ2) is 11.5. The number of nitrogens with zero attached hydrogens (tertiary/aromatic N) is 3. The third-order valence-electron chi connectivity index (χ3n) is 7.50. The second-order valence-electron chi connectivity index (χ2n) is 10.1. The largest absolute Gasteiger partial charge is 0.353 e. The highest BCUT2D eigenvalue weighted by Crippen LogP contribution is 2.47. The quantitative estimate of drug-likeness (QED) is 0.423. The van der Waals surface area contributed by atoms with Gasteiger partial charge in [0.1, 0.15) is 5.82 Å². The first kappa shape index (κ1) is 28.0. The molecular formula is C28H29ClFN5O4S. The molecule has 2 heterocycles. The number of anilines is 2. The van der Waals surface area contributed by atoms with Gasteiger partial charge < -0.3 is 10.6 Å². The second-order valence-corrected chi connectivity index (χ2v) is 12.4. The van der Waals surface area contributed by atoms with Gasteiger partial charge in [-0.3, -0.25) is 9.59 Å². The molecule has 2 amide bonds. The lowest BCUT2D eigenvalue weighted by Crippen LogP contribution is -2.62. The molecular weight excluding hydrogens is 557 g/mol. The third kappa shape index (κ3) is 5.40. The number of sulfonamides is 1. The Morgan fingerprint density at radius 3 is 2.45 bits per heavy atom. The van der Waals surface area contributed by atoms with E-state index in [9.17, 15) is 22.4 Å². The average Bonchev–Trinajstić information content (AvgIpc) is 3.22. The Balaban J connectivity index is 1.71. The number of carbonyl (C=O) groups excluding carboxylic acids is 2. The fourth-order valence-corrected chi connectivity index (χ4v) is 7.80. The van der Waals surface area contributed by atoms with Gasteiger partial charge in [-0.2, -0.15) is 0 Å². The first-order valence-corrected chi connectivity index (χ1v) is 15.1. The van der Waals surface area contributed by atoms with Crippen LogP contribution >= 0.6 is 11.6 Å². The zero-order valence-corrected chi connectivity index (χ0v) is 23.2. The maximum Gasteiger partial charge on any atom is 0.252 e. The molecule has 2 N–H and O–H groups in total. The van der Waals surface area contributed by atoms with E-state index in [4.69, 9.17) is 11.6 Å². The summed E-state index contributed by atoms with van der Waals surface area (Å²) in [6.07, 6.45) is 6.97. The Bertz CT molecular complexity index is 1500. The summed E-state index contributed by atoms with van der Waals surface area (Å²) in [5.74, 6) is -4.02. The number of hydrogen-bond acceptors (Lipinski definition) is 6. The van der Waals surface area contributed by atoms with Crippen molar-refractivity contribution in [3.8, 4) is 0 Å². The smallest absolute Gasteiger partial charge is 0.252 e. The van der Waals surface area contributed by atoms with Crippen molar-refractivity contribution in [3.63, 3.8) is 0 Å². The van der Waals surface area contributed by atoms with Gasteiger partial charge in [0.2, 0.25) is 21.9 Å². The van der Waals surface area contributed by atoms with E-state index >= 15 is 0 Å². The Morgan fingerprint density at radius 1 is 1.02 bits per heavy atom. The van der Waals surface area contributed by atoms with Crippen LogP contribution in [-0.4, -0.2) is 47.5 Å². The third-order valence-corrected chi connectivity index (χ3v) is 9.61. The predicted molar refractivity (Wildman–Crippen MR) is 150 cm³/mol. The van der Waals surface area contributed by atoms with Gasteiger partial charge in [0.15, 0.2) is 5.54 Å². The van der Waals surface area contributed by atoms with Gasteiger partial charge in [-0.05, 0) is 55.2 Å². The van der Waals surface area contributed by atoms with Crippen LogP contribution in [0.15, 0.2) is 67.0 Å².